The predicted octanol–water partition coefficient (Wildman–Crippen LogP) is 1.88. The quantitative estimate of drug-likeness (QED) is 0.783. The Morgan fingerprint density at radius 3 is 3.08 bits per heavy atom. The maximum absolute atomic E-state index is 12.5. The van der Waals surface area contributed by atoms with Gasteiger partial charge in [-0.05, 0) is 12.1 Å². The molecule has 8 heteroatoms. The van der Waals surface area contributed by atoms with Crippen LogP contribution in [0.2, 0.25) is 0 Å². The Labute approximate surface area is 142 Å². The van der Waals surface area contributed by atoms with E-state index in [4.69, 9.17) is 4.74 Å². The summed E-state index contributed by atoms with van der Waals surface area (Å²) in [6, 6.07) is 3.59. The molecule has 4 heterocycles. The Hall–Kier alpha value is -2.29. The van der Waals surface area contributed by atoms with E-state index in [1.54, 1.807) is 12.3 Å². The van der Waals surface area contributed by atoms with Crippen molar-refractivity contribution in [2.75, 3.05) is 31.6 Å². The minimum absolute atomic E-state index is 0.195. The highest BCUT2D eigenvalue weighted by atomic mass is 32.1. The van der Waals surface area contributed by atoms with Crippen LogP contribution in [0.1, 0.15) is 16.1 Å². The Morgan fingerprint density at radius 2 is 2.21 bits per heavy atom. The van der Waals surface area contributed by atoms with Crippen molar-refractivity contribution in [2.24, 2.45) is 0 Å². The third-order valence-corrected chi connectivity index (χ3v) is 4.73. The molecule has 0 aromatic carbocycles. The van der Waals surface area contributed by atoms with Crippen LogP contribution >= 0.6 is 11.3 Å². The molecule has 1 amide bonds. The van der Waals surface area contributed by atoms with Gasteiger partial charge in [0.25, 0.3) is 5.91 Å². The second kappa shape index (κ2) is 6.68. The van der Waals surface area contributed by atoms with Gasteiger partial charge in [-0.1, -0.05) is 0 Å². The first kappa shape index (κ1) is 15.3. The van der Waals surface area contributed by atoms with Gasteiger partial charge in [0.1, 0.15) is 5.65 Å². The highest BCUT2D eigenvalue weighted by molar-refractivity contribution is 7.14. The van der Waals surface area contributed by atoms with Gasteiger partial charge in [0.15, 0.2) is 5.13 Å². The van der Waals surface area contributed by atoms with Crippen LogP contribution in [0.15, 0.2) is 36.1 Å². The second-order valence-electron chi connectivity index (χ2n) is 5.57. The molecule has 1 aliphatic rings. The van der Waals surface area contributed by atoms with Crippen molar-refractivity contribution in [2.45, 2.75) is 6.54 Å². The lowest BCUT2D eigenvalue weighted by atomic mass is 10.2. The molecule has 0 unspecified atom stereocenters. The Bertz CT molecular complexity index is 853. The topological polar surface area (TPSA) is 71.8 Å². The number of ether oxygens (including phenoxy) is 1. The zero-order valence-electron chi connectivity index (χ0n) is 13.0. The van der Waals surface area contributed by atoms with Crippen molar-refractivity contribution in [3.05, 3.63) is 47.4 Å². The van der Waals surface area contributed by atoms with Crippen LogP contribution in [0.5, 0.6) is 0 Å². The third-order valence-electron chi connectivity index (χ3n) is 3.93. The highest BCUT2D eigenvalue weighted by Crippen LogP contribution is 2.19. The molecule has 3 aromatic rings. The number of morpholine rings is 1. The van der Waals surface area contributed by atoms with Crippen LogP contribution in [0.3, 0.4) is 0 Å². The van der Waals surface area contributed by atoms with Crippen LogP contribution in [0.4, 0.5) is 5.13 Å². The Morgan fingerprint density at radius 1 is 1.33 bits per heavy atom. The molecule has 1 saturated heterocycles. The lowest BCUT2D eigenvalue weighted by Gasteiger charge is -2.25. The fourth-order valence-corrected chi connectivity index (χ4v) is 3.41. The molecule has 1 fully saturated rings. The van der Waals surface area contributed by atoms with Gasteiger partial charge < -0.3 is 9.14 Å². The van der Waals surface area contributed by atoms with Gasteiger partial charge >= 0.3 is 0 Å². The van der Waals surface area contributed by atoms with Crippen molar-refractivity contribution < 1.29 is 9.53 Å². The minimum atomic E-state index is -0.195. The average molecular weight is 343 g/mol. The second-order valence-corrected chi connectivity index (χ2v) is 6.42. The first-order valence-electron chi connectivity index (χ1n) is 7.77. The molecular formula is C16H17N5O2S. The summed E-state index contributed by atoms with van der Waals surface area (Å²) in [4.78, 5) is 23.5. The highest BCUT2D eigenvalue weighted by Gasteiger charge is 2.15. The summed E-state index contributed by atoms with van der Waals surface area (Å²) in [6.45, 7) is 4.15. The van der Waals surface area contributed by atoms with Crippen LogP contribution in [0, 0.1) is 0 Å². The molecule has 0 atom stereocenters. The molecule has 0 bridgehead atoms. The predicted molar refractivity (Wildman–Crippen MR) is 91.4 cm³/mol. The number of rotatable bonds is 4. The fourth-order valence-electron chi connectivity index (χ4n) is 2.72. The Kier molecular flexibility index (Phi) is 4.24. The van der Waals surface area contributed by atoms with Crippen molar-refractivity contribution in [1.29, 1.82) is 0 Å². The molecule has 7 nitrogen and oxygen atoms in total. The molecule has 124 valence electrons. The fraction of sp³-hybridized carbons (Fsp3) is 0.312. The summed E-state index contributed by atoms with van der Waals surface area (Å²) in [7, 11) is 0. The summed E-state index contributed by atoms with van der Waals surface area (Å²) in [5.74, 6) is -0.195. The number of carbonyl (C=O) groups excluding carboxylic acids is 1. The van der Waals surface area contributed by atoms with Gasteiger partial charge in [-0.3, -0.25) is 15.0 Å². The molecule has 4 rings (SSSR count). The monoisotopic (exact) mass is 343 g/mol. The van der Waals surface area contributed by atoms with Gasteiger partial charge in [0.05, 0.1) is 24.5 Å². The maximum Gasteiger partial charge on any atom is 0.261 e. The smallest absolute Gasteiger partial charge is 0.261 e. The number of hydrogen-bond acceptors (Lipinski definition) is 6. The number of pyridine rings is 1. The number of fused-ring (bicyclic) bond motifs is 1. The van der Waals surface area contributed by atoms with Crippen molar-refractivity contribution >= 4 is 28.0 Å². The van der Waals surface area contributed by atoms with Crippen LogP contribution < -0.4 is 5.32 Å². The third kappa shape index (κ3) is 3.16. The molecule has 0 spiro atoms. The molecule has 1 aliphatic heterocycles. The van der Waals surface area contributed by atoms with Gasteiger partial charge in [-0.2, -0.15) is 0 Å². The lowest BCUT2D eigenvalue weighted by molar-refractivity contribution is 0.0337. The number of anilines is 1. The standard InChI is InChI=1S/C16H17N5O2S/c22-15(13-2-1-4-21-5-3-17-14(13)21)19-16-18-12(11-24-16)10-20-6-8-23-9-7-20/h1-5,11H,6-10H2,(H,18,19,22). The van der Waals surface area contributed by atoms with Crippen molar-refractivity contribution in [3.63, 3.8) is 0 Å². The molecule has 1 N–H and O–H groups in total. The van der Waals surface area contributed by atoms with E-state index in [1.165, 1.54) is 11.3 Å². The number of imidazole rings is 1. The van der Waals surface area contributed by atoms with E-state index < -0.39 is 0 Å². The van der Waals surface area contributed by atoms with Crippen LogP contribution in [-0.2, 0) is 11.3 Å². The lowest BCUT2D eigenvalue weighted by Crippen LogP contribution is -2.35. The number of carbonyl (C=O) groups is 1. The number of nitrogens with zero attached hydrogens (tertiary/aromatic N) is 4. The normalized spacial score (nSPS) is 15.7. The van der Waals surface area contributed by atoms with E-state index >= 15 is 0 Å². The first-order valence-corrected chi connectivity index (χ1v) is 8.65. The van der Waals surface area contributed by atoms with E-state index in [-0.39, 0.29) is 5.91 Å². The van der Waals surface area contributed by atoms with Crippen LogP contribution in [-0.4, -0.2) is 51.5 Å². The van der Waals surface area contributed by atoms with E-state index in [2.05, 4.69) is 20.2 Å². The summed E-state index contributed by atoms with van der Waals surface area (Å²) in [5.41, 5.74) is 2.14. The van der Waals surface area contributed by atoms with Gasteiger partial charge in [0, 0.05) is 43.6 Å². The van der Waals surface area contributed by atoms with Gasteiger partial charge in [-0.15, -0.1) is 11.3 Å². The summed E-state index contributed by atoms with van der Waals surface area (Å²) >= 11 is 1.44. The maximum atomic E-state index is 12.5. The minimum Gasteiger partial charge on any atom is -0.379 e. The molecule has 0 radical (unpaired) electrons. The Balaban J connectivity index is 1.45. The molecule has 3 aromatic heterocycles. The van der Waals surface area contributed by atoms with E-state index in [1.807, 2.05) is 28.2 Å². The number of hydrogen-bond donors (Lipinski definition) is 1. The molecule has 0 aliphatic carbocycles. The van der Waals surface area contributed by atoms with Gasteiger partial charge in [-0.25, -0.2) is 9.97 Å². The summed E-state index contributed by atoms with van der Waals surface area (Å²) in [5, 5.41) is 5.47. The van der Waals surface area contributed by atoms with Crippen molar-refractivity contribution in [1.82, 2.24) is 19.3 Å². The number of thiazole rings is 1. The van der Waals surface area contributed by atoms with Crippen LogP contribution in [0.25, 0.3) is 5.65 Å². The molecule has 0 saturated carbocycles. The largest absolute Gasteiger partial charge is 0.379 e. The number of amides is 1. The zero-order chi connectivity index (χ0) is 16.4. The van der Waals surface area contributed by atoms with Gasteiger partial charge in [0.2, 0.25) is 0 Å². The summed E-state index contributed by atoms with van der Waals surface area (Å²) in [6.07, 6.45) is 5.36. The molecular weight excluding hydrogens is 326 g/mol. The average Bonchev–Trinajstić information content (AvgIpc) is 3.24. The number of aromatic nitrogens is 3. The number of nitrogens with one attached hydrogen (secondary N) is 1. The molecule has 24 heavy (non-hydrogen) atoms. The first-order chi connectivity index (χ1) is 11.8. The van der Waals surface area contributed by atoms with E-state index in [0.29, 0.717) is 16.3 Å². The van der Waals surface area contributed by atoms with E-state index in [0.717, 1.165) is 38.5 Å². The SMILES string of the molecule is O=C(Nc1nc(CN2CCOCC2)cs1)c1cccn2ccnc12. The zero-order valence-corrected chi connectivity index (χ0v) is 13.8. The van der Waals surface area contributed by atoms with Crippen molar-refractivity contribution in [3.8, 4) is 0 Å². The van der Waals surface area contributed by atoms with E-state index in [9.17, 15) is 4.79 Å². The summed E-state index contributed by atoms with van der Waals surface area (Å²) < 4.78 is 7.17.